The lowest BCUT2D eigenvalue weighted by atomic mass is 9.89. The van der Waals surface area contributed by atoms with Crippen molar-refractivity contribution < 1.29 is 0 Å². The molecule has 5 nitrogen and oxygen atoms in total. The van der Waals surface area contributed by atoms with Crippen LogP contribution in [0.25, 0.3) is 100.0 Å². The van der Waals surface area contributed by atoms with Crippen LogP contribution in [0.3, 0.4) is 0 Å². The third kappa shape index (κ3) is 5.92. The maximum Gasteiger partial charge on any atom is 0.164 e. The number of fused-ring (bicyclic) bond motifs is 5. The molecule has 0 aliphatic carbocycles. The van der Waals surface area contributed by atoms with Gasteiger partial charge in [-0.05, 0) is 85.8 Å². The first-order chi connectivity index (χ1) is 27.7. The minimum absolute atomic E-state index is 0.596. The fourth-order valence-electron chi connectivity index (χ4n) is 7.63. The number of pyridine rings is 1. The van der Waals surface area contributed by atoms with Crippen LogP contribution in [0.4, 0.5) is 0 Å². The summed E-state index contributed by atoms with van der Waals surface area (Å²) in [5.41, 5.74) is 10.8. The molecule has 0 saturated heterocycles. The van der Waals surface area contributed by atoms with Crippen LogP contribution in [0, 0.1) is 11.3 Å². The molecule has 2 aromatic heterocycles. The average molecular weight is 714 g/mol. The van der Waals surface area contributed by atoms with Crippen molar-refractivity contribution in [2.24, 2.45) is 0 Å². The van der Waals surface area contributed by atoms with Crippen molar-refractivity contribution in [1.29, 1.82) is 5.26 Å². The molecule has 0 aliphatic rings. The lowest BCUT2D eigenvalue weighted by Crippen LogP contribution is -2.00. The first-order valence-electron chi connectivity index (χ1n) is 18.5. The number of aromatic nitrogens is 4. The van der Waals surface area contributed by atoms with Crippen molar-refractivity contribution in [1.82, 2.24) is 19.9 Å². The van der Waals surface area contributed by atoms with Crippen LogP contribution >= 0.6 is 0 Å². The van der Waals surface area contributed by atoms with Gasteiger partial charge in [-0.3, -0.25) is 4.98 Å². The zero-order valence-corrected chi connectivity index (χ0v) is 30.1. The van der Waals surface area contributed by atoms with Gasteiger partial charge in [-0.1, -0.05) is 146 Å². The number of rotatable bonds is 6. The van der Waals surface area contributed by atoms with Gasteiger partial charge in [0.05, 0.1) is 17.1 Å². The van der Waals surface area contributed by atoms with E-state index >= 15 is 0 Å². The summed E-state index contributed by atoms with van der Waals surface area (Å²) in [6, 6.07) is 64.5. The molecule has 2 heterocycles. The van der Waals surface area contributed by atoms with Gasteiger partial charge in [-0.2, -0.15) is 5.26 Å². The maximum absolute atomic E-state index is 9.43. The largest absolute Gasteiger partial charge is 0.256 e. The summed E-state index contributed by atoms with van der Waals surface area (Å²) in [6.45, 7) is 0. The second-order valence-corrected chi connectivity index (χ2v) is 13.8. The number of benzene rings is 8. The van der Waals surface area contributed by atoms with E-state index in [1.165, 1.54) is 0 Å². The Labute approximate surface area is 323 Å². The Morgan fingerprint density at radius 3 is 1.55 bits per heavy atom. The van der Waals surface area contributed by atoms with Gasteiger partial charge < -0.3 is 0 Å². The van der Waals surface area contributed by atoms with E-state index in [0.29, 0.717) is 23.0 Å². The molecule has 0 unspecified atom stereocenters. The summed E-state index contributed by atoms with van der Waals surface area (Å²) in [4.78, 5) is 20.1. The van der Waals surface area contributed by atoms with Gasteiger partial charge in [0.2, 0.25) is 0 Å². The number of nitriles is 1. The summed E-state index contributed by atoms with van der Waals surface area (Å²) >= 11 is 0. The Balaban J connectivity index is 1.13. The lowest BCUT2D eigenvalue weighted by Gasteiger charge is -2.16. The molecule has 0 saturated carbocycles. The van der Waals surface area contributed by atoms with Crippen molar-refractivity contribution in [3.05, 3.63) is 194 Å². The number of nitrogens with zero attached hydrogens (tertiary/aromatic N) is 5. The average Bonchev–Trinajstić information content (AvgIpc) is 3.29. The minimum Gasteiger partial charge on any atom is -0.256 e. The molecule has 0 aliphatic heterocycles. The Morgan fingerprint density at radius 1 is 0.339 bits per heavy atom. The second-order valence-electron chi connectivity index (χ2n) is 13.8. The van der Waals surface area contributed by atoms with Gasteiger partial charge in [0.25, 0.3) is 0 Å². The SMILES string of the molecule is N#Cc1ccc(-c2cc3c4cccnc4c(-c4cccc(-c5nc(-c6ccccc6)nc(-c6ccc(-c7ccccc7)cc6)n5)c4)cc3c3ccccc23)cc1. The van der Waals surface area contributed by atoms with E-state index in [0.717, 1.165) is 82.5 Å². The Kier molecular flexibility index (Phi) is 8.13. The molecule has 260 valence electrons. The summed E-state index contributed by atoms with van der Waals surface area (Å²) < 4.78 is 0. The van der Waals surface area contributed by atoms with E-state index in [1.807, 2.05) is 72.9 Å². The van der Waals surface area contributed by atoms with Gasteiger partial charge >= 0.3 is 0 Å². The number of hydrogen-bond acceptors (Lipinski definition) is 5. The Bertz CT molecular complexity index is 3110. The Morgan fingerprint density at radius 2 is 0.839 bits per heavy atom. The maximum atomic E-state index is 9.43. The second kappa shape index (κ2) is 13.9. The van der Waals surface area contributed by atoms with Crippen molar-refractivity contribution >= 4 is 32.4 Å². The van der Waals surface area contributed by atoms with Crippen molar-refractivity contribution in [2.45, 2.75) is 0 Å². The zero-order chi connectivity index (χ0) is 37.4. The molecular formula is C51H31N5. The first-order valence-corrected chi connectivity index (χ1v) is 18.5. The van der Waals surface area contributed by atoms with Gasteiger partial charge in [-0.15, -0.1) is 0 Å². The molecule has 10 aromatic rings. The molecule has 0 amide bonds. The van der Waals surface area contributed by atoms with Gasteiger partial charge in [0, 0.05) is 33.8 Å². The molecule has 56 heavy (non-hydrogen) atoms. The fourth-order valence-corrected chi connectivity index (χ4v) is 7.63. The van der Waals surface area contributed by atoms with E-state index in [2.05, 4.69) is 121 Å². The van der Waals surface area contributed by atoms with Gasteiger partial charge in [-0.25, -0.2) is 15.0 Å². The molecule has 0 N–H and O–H groups in total. The Hall–Kier alpha value is -7.81. The minimum atomic E-state index is 0.596. The normalized spacial score (nSPS) is 11.2. The smallest absolute Gasteiger partial charge is 0.164 e. The first kappa shape index (κ1) is 32.8. The van der Waals surface area contributed by atoms with Crippen LogP contribution < -0.4 is 0 Å². The molecular weight excluding hydrogens is 683 g/mol. The molecule has 0 radical (unpaired) electrons. The molecule has 0 spiro atoms. The predicted molar refractivity (Wildman–Crippen MR) is 227 cm³/mol. The summed E-state index contributed by atoms with van der Waals surface area (Å²) in [5.74, 6) is 1.82. The predicted octanol–water partition coefficient (Wildman–Crippen LogP) is 12.6. The zero-order valence-electron chi connectivity index (χ0n) is 30.1. The van der Waals surface area contributed by atoms with Crippen molar-refractivity contribution in [3.8, 4) is 73.6 Å². The highest BCUT2D eigenvalue weighted by molar-refractivity contribution is 6.23. The molecule has 8 aromatic carbocycles. The quantitative estimate of drug-likeness (QED) is 0.160. The highest BCUT2D eigenvalue weighted by Gasteiger charge is 2.17. The van der Waals surface area contributed by atoms with Crippen LogP contribution in [0.15, 0.2) is 188 Å². The van der Waals surface area contributed by atoms with Crippen molar-refractivity contribution in [3.63, 3.8) is 0 Å². The summed E-state index contributed by atoms with van der Waals surface area (Å²) in [7, 11) is 0. The van der Waals surface area contributed by atoms with Crippen LogP contribution in [-0.4, -0.2) is 19.9 Å². The topological polar surface area (TPSA) is 75.3 Å². The fraction of sp³-hybridized carbons (Fsp3) is 0. The van der Waals surface area contributed by atoms with E-state index in [9.17, 15) is 5.26 Å². The third-order valence-corrected chi connectivity index (χ3v) is 10.4. The lowest BCUT2D eigenvalue weighted by molar-refractivity contribution is 1.07. The molecule has 10 rings (SSSR count). The highest BCUT2D eigenvalue weighted by atomic mass is 15.0. The number of hydrogen-bond donors (Lipinski definition) is 0. The standard InChI is InChI=1S/C51H31N5/c52-32-33-20-22-36(23-21-33)44-30-47-43-19-10-28-53-48(43)45(31-46(47)42-18-8-7-17-41(42)44)39-15-9-16-40(29-39)51-55-49(37-13-5-2-6-14-37)54-50(56-51)38-26-24-35(25-27-38)34-11-3-1-4-12-34/h1-31H. The monoisotopic (exact) mass is 713 g/mol. The molecule has 0 atom stereocenters. The van der Waals surface area contributed by atoms with Crippen LogP contribution in [0.2, 0.25) is 0 Å². The van der Waals surface area contributed by atoms with Crippen molar-refractivity contribution in [2.75, 3.05) is 0 Å². The molecule has 0 fully saturated rings. The summed E-state index contributed by atoms with van der Waals surface area (Å²) in [6.07, 6.45) is 1.86. The van der Waals surface area contributed by atoms with E-state index in [1.54, 1.807) is 0 Å². The van der Waals surface area contributed by atoms with E-state index < -0.39 is 0 Å². The highest BCUT2D eigenvalue weighted by Crippen LogP contribution is 2.42. The molecule has 5 heteroatoms. The molecule has 0 bridgehead atoms. The van der Waals surface area contributed by atoms with Gasteiger partial charge in [0.15, 0.2) is 17.5 Å². The van der Waals surface area contributed by atoms with E-state index in [4.69, 9.17) is 19.9 Å². The van der Waals surface area contributed by atoms with E-state index in [-0.39, 0.29) is 0 Å². The summed E-state index contributed by atoms with van der Waals surface area (Å²) in [5, 5.41) is 15.1. The van der Waals surface area contributed by atoms with Gasteiger partial charge in [0.1, 0.15) is 0 Å². The van der Waals surface area contributed by atoms with Crippen LogP contribution in [0.5, 0.6) is 0 Å². The van der Waals surface area contributed by atoms with Crippen LogP contribution in [-0.2, 0) is 0 Å². The third-order valence-electron chi connectivity index (χ3n) is 10.4. The van der Waals surface area contributed by atoms with Crippen LogP contribution in [0.1, 0.15) is 5.56 Å².